The molecule has 0 N–H and O–H groups in total. The molecule has 140 valence electrons. The molecule has 3 atom stereocenters. The van der Waals surface area contributed by atoms with Crippen molar-refractivity contribution in [3.63, 3.8) is 0 Å². The number of hydrogen-bond acceptors (Lipinski definition) is 5. The molecule has 2 rings (SSSR count). The van der Waals surface area contributed by atoms with Crippen molar-refractivity contribution in [3.8, 4) is 0 Å². The lowest BCUT2D eigenvalue weighted by Gasteiger charge is -2.40. The Morgan fingerprint density at radius 2 is 1.88 bits per heavy atom. The van der Waals surface area contributed by atoms with Crippen LogP contribution in [-0.4, -0.2) is 39.9 Å². The highest BCUT2D eigenvalue weighted by Gasteiger charge is 2.32. The average molecular weight is 360 g/mol. The summed E-state index contributed by atoms with van der Waals surface area (Å²) in [4.78, 5) is 36.9. The second-order valence-corrected chi connectivity index (χ2v) is 6.60. The van der Waals surface area contributed by atoms with Crippen LogP contribution in [0.3, 0.4) is 0 Å². The molecule has 1 aromatic rings. The summed E-state index contributed by atoms with van der Waals surface area (Å²) in [6.07, 6.45) is 4.49. The van der Waals surface area contributed by atoms with Crippen molar-refractivity contribution in [1.29, 1.82) is 0 Å². The summed E-state index contributed by atoms with van der Waals surface area (Å²) in [7, 11) is 0. The van der Waals surface area contributed by atoms with Gasteiger partial charge < -0.3 is 9.64 Å². The number of carbonyl (C=O) groups excluding carboxylic acids is 2. The van der Waals surface area contributed by atoms with Gasteiger partial charge >= 0.3 is 5.97 Å². The van der Waals surface area contributed by atoms with Gasteiger partial charge in [-0.15, -0.1) is 0 Å². The van der Waals surface area contributed by atoms with Gasteiger partial charge in [-0.3, -0.25) is 14.9 Å². The number of para-hydroxylation sites is 1. The maximum Gasteiger partial charge on any atom is 0.331 e. The molecule has 1 amide bonds. The zero-order valence-corrected chi connectivity index (χ0v) is 15.3. The van der Waals surface area contributed by atoms with Gasteiger partial charge in [0.1, 0.15) is 0 Å². The van der Waals surface area contributed by atoms with E-state index in [4.69, 9.17) is 4.74 Å². The molecular weight excluding hydrogens is 336 g/mol. The van der Waals surface area contributed by atoms with Crippen LogP contribution in [0.25, 0.3) is 6.08 Å². The average Bonchev–Trinajstić information content (AvgIpc) is 2.59. The number of ether oxygens (including phenoxy) is 1. The molecule has 7 nitrogen and oxygen atoms in total. The second-order valence-electron chi connectivity index (χ2n) is 6.60. The third kappa shape index (κ3) is 4.68. The molecule has 0 bridgehead atoms. The predicted molar refractivity (Wildman–Crippen MR) is 97.3 cm³/mol. The molecule has 26 heavy (non-hydrogen) atoms. The fraction of sp³-hybridized carbons (Fsp3) is 0.474. The van der Waals surface area contributed by atoms with Crippen LogP contribution in [0.4, 0.5) is 5.69 Å². The third-order valence-corrected chi connectivity index (χ3v) is 4.62. The van der Waals surface area contributed by atoms with Gasteiger partial charge in [0.15, 0.2) is 6.10 Å². The van der Waals surface area contributed by atoms with E-state index in [2.05, 4.69) is 0 Å². The summed E-state index contributed by atoms with van der Waals surface area (Å²) in [5.74, 6) is -0.918. The molecule has 1 heterocycles. The van der Waals surface area contributed by atoms with Crippen molar-refractivity contribution in [3.05, 3.63) is 46.0 Å². The summed E-state index contributed by atoms with van der Waals surface area (Å²) < 4.78 is 5.20. The van der Waals surface area contributed by atoms with Crippen LogP contribution in [0.2, 0.25) is 0 Å². The van der Waals surface area contributed by atoms with E-state index in [1.165, 1.54) is 18.2 Å². The number of nitrogens with zero attached hydrogens (tertiary/aromatic N) is 2. The van der Waals surface area contributed by atoms with Crippen molar-refractivity contribution in [2.24, 2.45) is 0 Å². The molecule has 0 saturated carbocycles. The lowest BCUT2D eigenvalue weighted by molar-refractivity contribution is -0.385. The first-order valence-corrected chi connectivity index (χ1v) is 8.75. The van der Waals surface area contributed by atoms with Gasteiger partial charge in [-0.2, -0.15) is 0 Å². The van der Waals surface area contributed by atoms with Gasteiger partial charge in [-0.1, -0.05) is 12.1 Å². The van der Waals surface area contributed by atoms with Gasteiger partial charge in [0.05, 0.1) is 10.5 Å². The second kappa shape index (κ2) is 8.60. The summed E-state index contributed by atoms with van der Waals surface area (Å²) in [6.45, 7) is 5.54. The summed E-state index contributed by atoms with van der Waals surface area (Å²) in [5.41, 5.74) is 0.198. The Hall–Kier alpha value is -2.70. The van der Waals surface area contributed by atoms with E-state index in [9.17, 15) is 19.7 Å². The Morgan fingerprint density at radius 1 is 1.27 bits per heavy atom. The highest BCUT2D eigenvalue weighted by atomic mass is 16.6. The lowest BCUT2D eigenvalue weighted by atomic mass is 9.97. The van der Waals surface area contributed by atoms with Gasteiger partial charge in [0.2, 0.25) is 0 Å². The first kappa shape index (κ1) is 19.6. The number of amides is 1. The first-order chi connectivity index (χ1) is 12.3. The largest absolute Gasteiger partial charge is 0.449 e. The van der Waals surface area contributed by atoms with E-state index in [0.29, 0.717) is 5.56 Å². The van der Waals surface area contributed by atoms with Crippen LogP contribution in [0.5, 0.6) is 0 Å². The number of carbonyl (C=O) groups is 2. The Bertz CT molecular complexity index is 706. The molecule has 1 aliphatic rings. The number of esters is 1. The Labute approximate surface area is 152 Å². The smallest absolute Gasteiger partial charge is 0.331 e. The summed E-state index contributed by atoms with van der Waals surface area (Å²) in [6, 6.07) is 6.33. The number of likely N-dealkylation sites (tertiary alicyclic amines) is 1. The minimum Gasteiger partial charge on any atom is -0.449 e. The zero-order valence-electron chi connectivity index (χ0n) is 15.3. The van der Waals surface area contributed by atoms with Crippen LogP contribution in [-0.2, 0) is 14.3 Å². The van der Waals surface area contributed by atoms with Gasteiger partial charge in [0.25, 0.3) is 11.6 Å². The van der Waals surface area contributed by atoms with Crippen LogP contribution in [0, 0.1) is 10.1 Å². The first-order valence-electron chi connectivity index (χ1n) is 8.75. The molecule has 0 aromatic heterocycles. The fourth-order valence-corrected chi connectivity index (χ4v) is 3.28. The SMILES string of the molecule is C[C@@H]1CCC[C@H](C)N1C(=O)[C@@H](C)OC(=O)/C=C/c1ccccc1[N+](=O)[O-]. The van der Waals surface area contributed by atoms with E-state index >= 15 is 0 Å². The number of nitro benzene ring substituents is 1. The van der Waals surface area contributed by atoms with Crippen LogP contribution < -0.4 is 0 Å². The maximum absolute atomic E-state index is 12.6. The molecule has 0 spiro atoms. The third-order valence-electron chi connectivity index (χ3n) is 4.62. The predicted octanol–water partition coefficient (Wildman–Crippen LogP) is 3.33. The normalized spacial score (nSPS) is 21.4. The highest BCUT2D eigenvalue weighted by molar-refractivity contribution is 5.91. The molecule has 1 saturated heterocycles. The van der Waals surface area contributed by atoms with Crippen molar-refractivity contribution in [2.45, 2.75) is 58.2 Å². The highest BCUT2D eigenvalue weighted by Crippen LogP contribution is 2.24. The van der Waals surface area contributed by atoms with Crippen LogP contribution >= 0.6 is 0 Å². The van der Waals surface area contributed by atoms with E-state index in [1.807, 2.05) is 13.8 Å². The van der Waals surface area contributed by atoms with Crippen molar-refractivity contribution >= 4 is 23.6 Å². The van der Waals surface area contributed by atoms with E-state index in [0.717, 1.165) is 25.3 Å². The van der Waals surface area contributed by atoms with Gasteiger partial charge in [0, 0.05) is 24.2 Å². The summed E-state index contributed by atoms with van der Waals surface area (Å²) in [5, 5.41) is 11.0. The number of nitro groups is 1. The van der Waals surface area contributed by atoms with Crippen molar-refractivity contribution < 1.29 is 19.2 Å². The van der Waals surface area contributed by atoms with E-state index in [1.54, 1.807) is 24.0 Å². The van der Waals surface area contributed by atoms with Crippen molar-refractivity contribution in [2.75, 3.05) is 0 Å². The standard InChI is InChI=1S/C19H24N2O5/c1-13-7-6-8-14(2)20(13)19(23)15(3)26-18(22)12-11-16-9-4-5-10-17(16)21(24)25/h4-5,9-15H,6-8H2,1-3H3/b12-11+/t13-,14+,15-/m1/s1. The lowest BCUT2D eigenvalue weighted by Crippen LogP contribution is -2.51. The molecule has 1 aliphatic heterocycles. The minimum atomic E-state index is -0.902. The molecule has 1 aromatic carbocycles. The zero-order chi connectivity index (χ0) is 19.3. The molecule has 7 heteroatoms. The van der Waals surface area contributed by atoms with Gasteiger partial charge in [-0.25, -0.2) is 4.79 Å². The molecule has 1 fully saturated rings. The van der Waals surface area contributed by atoms with E-state index < -0.39 is 17.0 Å². The number of piperidine rings is 1. The number of hydrogen-bond donors (Lipinski definition) is 0. The maximum atomic E-state index is 12.6. The summed E-state index contributed by atoms with van der Waals surface area (Å²) >= 11 is 0. The quantitative estimate of drug-likeness (QED) is 0.348. The van der Waals surface area contributed by atoms with Gasteiger partial charge in [-0.05, 0) is 52.2 Å². The van der Waals surface area contributed by atoms with E-state index in [-0.39, 0.29) is 23.7 Å². The molecular formula is C19H24N2O5. The number of rotatable bonds is 5. The Kier molecular flexibility index (Phi) is 6.49. The van der Waals surface area contributed by atoms with Crippen molar-refractivity contribution in [1.82, 2.24) is 4.90 Å². The molecule has 0 aliphatic carbocycles. The molecule has 0 radical (unpaired) electrons. The minimum absolute atomic E-state index is 0.100. The van der Waals surface area contributed by atoms with Crippen LogP contribution in [0.1, 0.15) is 45.6 Å². The Balaban J connectivity index is 2.01. The Morgan fingerprint density at radius 3 is 2.50 bits per heavy atom. The monoisotopic (exact) mass is 360 g/mol. The molecule has 0 unspecified atom stereocenters. The number of benzene rings is 1. The fourth-order valence-electron chi connectivity index (χ4n) is 3.28. The van der Waals surface area contributed by atoms with Crippen LogP contribution in [0.15, 0.2) is 30.3 Å². The topological polar surface area (TPSA) is 89.8 Å².